The molecule has 0 saturated heterocycles. The quantitative estimate of drug-likeness (QED) is 0.705. The van der Waals surface area contributed by atoms with Crippen molar-refractivity contribution >= 4 is 22.5 Å². The number of nitrogens with one attached hydrogen (secondary N) is 2. The number of amides is 1. The van der Waals surface area contributed by atoms with E-state index in [1.165, 1.54) is 12.1 Å². The lowest BCUT2D eigenvalue weighted by Gasteiger charge is -2.09. The number of alkyl halides is 3. The van der Waals surface area contributed by atoms with Gasteiger partial charge in [0.25, 0.3) is 5.91 Å². The van der Waals surface area contributed by atoms with Gasteiger partial charge in [-0.1, -0.05) is 6.07 Å². The Morgan fingerprint density at radius 2 is 1.76 bits per heavy atom. The highest BCUT2D eigenvalue weighted by Gasteiger charge is 2.30. The summed E-state index contributed by atoms with van der Waals surface area (Å²) in [4.78, 5) is 15.4. The number of carbonyl (C=O) groups excluding carboxylic acids is 1. The minimum absolute atomic E-state index is 0.345. The van der Waals surface area contributed by atoms with Crippen LogP contribution < -0.4 is 10.1 Å². The minimum Gasteiger partial charge on any atom is -0.406 e. The van der Waals surface area contributed by atoms with E-state index in [9.17, 15) is 18.0 Å². The average Bonchev–Trinajstić information content (AvgIpc) is 2.92. The molecular weight excluding hydrogens is 333 g/mol. The highest BCUT2D eigenvalue weighted by atomic mass is 19.4. The van der Waals surface area contributed by atoms with Crippen LogP contribution in [0.2, 0.25) is 0 Å². The van der Waals surface area contributed by atoms with Crippen LogP contribution >= 0.6 is 0 Å². The van der Waals surface area contributed by atoms with Crippen LogP contribution in [0.5, 0.6) is 5.75 Å². The second-order valence-electron chi connectivity index (χ2n) is 5.75. The van der Waals surface area contributed by atoms with Gasteiger partial charge in [0.1, 0.15) is 11.4 Å². The summed E-state index contributed by atoms with van der Waals surface area (Å²) in [6, 6.07) is 10.7. The van der Waals surface area contributed by atoms with Crippen molar-refractivity contribution in [1.82, 2.24) is 4.98 Å². The van der Waals surface area contributed by atoms with Crippen LogP contribution in [0.15, 0.2) is 42.5 Å². The molecule has 0 radical (unpaired) electrons. The molecule has 7 heteroatoms. The van der Waals surface area contributed by atoms with E-state index in [-0.39, 0.29) is 11.7 Å². The molecule has 2 aromatic carbocycles. The highest BCUT2D eigenvalue weighted by molar-refractivity contribution is 6.06. The summed E-state index contributed by atoms with van der Waals surface area (Å²) >= 11 is 0. The first-order valence-electron chi connectivity index (χ1n) is 7.48. The number of anilines is 1. The summed E-state index contributed by atoms with van der Waals surface area (Å²) in [6.07, 6.45) is -4.74. The van der Waals surface area contributed by atoms with Crippen molar-refractivity contribution in [3.8, 4) is 5.75 Å². The lowest BCUT2D eigenvalue weighted by atomic mass is 10.1. The van der Waals surface area contributed by atoms with E-state index in [0.717, 1.165) is 34.2 Å². The molecule has 0 fully saturated rings. The Bertz CT molecular complexity index is 928. The van der Waals surface area contributed by atoms with Gasteiger partial charge in [-0.2, -0.15) is 0 Å². The van der Waals surface area contributed by atoms with Gasteiger partial charge < -0.3 is 15.0 Å². The lowest BCUT2D eigenvalue weighted by molar-refractivity contribution is -0.274. The third-order valence-corrected chi connectivity index (χ3v) is 3.68. The molecule has 25 heavy (non-hydrogen) atoms. The van der Waals surface area contributed by atoms with Crippen LogP contribution in [0.3, 0.4) is 0 Å². The number of H-pyrrole nitrogens is 1. The number of aromatic amines is 1. The second-order valence-corrected chi connectivity index (χ2v) is 5.75. The zero-order valence-electron chi connectivity index (χ0n) is 13.5. The van der Waals surface area contributed by atoms with Crippen LogP contribution in [0.4, 0.5) is 18.9 Å². The van der Waals surface area contributed by atoms with E-state index in [0.29, 0.717) is 11.4 Å². The number of benzene rings is 2. The number of carbonyl (C=O) groups is 1. The number of rotatable bonds is 3. The van der Waals surface area contributed by atoms with Gasteiger partial charge in [0.2, 0.25) is 0 Å². The first-order chi connectivity index (χ1) is 11.7. The van der Waals surface area contributed by atoms with Gasteiger partial charge in [-0.05, 0) is 61.4 Å². The number of ether oxygens (including phenoxy) is 1. The van der Waals surface area contributed by atoms with Crippen molar-refractivity contribution in [2.24, 2.45) is 0 Å². The van der Waals surface area contributed by atoms with Crippen molar-refractivity contribution in [2.45, 2.75) is 20.2 Å². The van der Waals surface area contributed by atoms with E-state index in [2.05, 4.69) is 15.0 Å². The molecule has 0 bridgehead atoms. The fraction of sp³-hybridized carbons (Fsp3) is 0.167. The van der Waals surface area contributed by atoms with Crippen LogP contribution in [0.1, 0.15) is 21.6 Å². The topological polar surface area (TPSA) is 54.1 Å². The Morgan fingerprint density at radius 1 is 1.08 bits per heavy atom. The zero-order chi connectivity index (χ0) is 18.2. The third kappa shape index (κ3) is 3.93. The smallest absolute Gasteiger partial charge is 0.406 e. The Hall–Kier alpha value is -2.96. The summed E-state index contributed by atoms with van der Waals surface area (Å²) in [5.74, 6) is -0.722. The molecule has 0 saturated carbocycles. The molecule has 0 aliphatic rings. The van der Waals surface area contributed by atoms with Crippen LogP contribution in [-0.4, -0.2) is 17.3 Å². The fourth-order valence-electron chi connectivity index (χ4n) is 2.66. The van der Waals surface area contributed by atoms with Gasteiger partial charge in [0.05, 0.1) is 0 Å². The number of hydrogen-bond acceptors (Lipinski definition) is 2. The molecule has 0 aliphatic carbocycles. The fourth-order valence-corrected chi connectivity index (χ4v) is 2.66. The van der Waals surface area contributed by atoms with E-state index in [1.54, 1.807) is 6.07 Å². The largest absolute Gasteiger partial charge is 0.573 e. The highest BCUT2D eigenvalue weighted by Crippen LogP contribution is 2.25. The molecule has 0 aliphatic heterocycles. The molecule has 1 aromatic heterocycles. The maximum absolute atomic E-state index is 12.3. The molecular formula is C18H15F3N2O2. The number of hydrogen-bond donors (Lipinski definition) is 2. The molecule has 2 N–H and O–H groups in total. The van der Waals surface area contributed by atoms with E-state index in [4.69, 9.17) is 0 Å². The van der Waals surface area contributed by atoms with Crippen molar-refractivity contribution in [3.63, 3.8) is 0 Å². The second kappa shape index (κ2) is 6.16. The molecule has 3 rings (SSSR count). The van der Waals surface area contributed by atoms with Crippen molar-refractivity contribution in [1.29, 1.82) is 0 Å². The third-order valence-electron chi connectivity index (χ3n) is 3.68. The number of fused-ring (bicyclic) bond motifs is 1. The number of halogens is 3. The van der Waals surface area contributed by atoms with Gasteiger partial charge >= 0.3 is 6.36 Å². The Labute approximate surface area is 141 Å². The normalized spacial score (nSPS) is 11.6. The minimum atomic E-state index is -4.74. The SMILES string of the molecule is Cc1cc(C)c2cc(C(=O)Nc3ccc(OC(F)(F)F)cc3)[nH]c2c1. The van der Waals surface area contributed by atoms with Crippen molar-refractivity contribution < 1.29 is 22.7 Å². The summed E-state index contributed by atoms with van der Waals surface area (Å²) in [7, 11) is 0. The van der Waals surface area contributed by atoms with Gasteiger partial charge in [-0.25, -0.2) is 0 Å². The standard InChI is InChI=1S/C18H15F3N2O2/c1-10-7-11(2)14-9-16(23-15(14)8-10)17(24)22-12-3-5-13(6-4-12)25-18(19,20)21/h3-9,23H,1-2H3,(H,22,24). The summed E-state index contributed by atoms with van der Waals surface area (Å²) in [5, 5.41) is 3.59. The average molecular weight is 348 g/mol. The van der Waals surface area contributed by atoms with Crippen LogP contribution in [0, 0.1) is 13.8 Å². The number of aryl methyl sites for hydroxylation is 2. The lowest BCUT2D eigenvalue weighted by Crippen LogP contribution is -2.17. The maximum atomic E-state index is 12.3. The molecule has 0 spiro atoms. The molecule has 130 valence electrons. The Balaban J connectivity index is 1.77. The zero-order valence-corrected chi connectivity index (χ0v) is 13.5. The van der Waals surface area contributed by atoms with E-state index >= 15 is 0 Å². The predicted octanol–water partition coefficient (Wildman–Crippen LogP) is 4.94. The molecule has 3 aromatic rings. The van der Waals surface area contributed by atoms with Gasteiger partial charge in [-0.15, -0.1) is 13.2 Å². The van der Waals surface area contributed by atoms with E-state index < -0.39 is 6.36 Å². The molecule has 1 amide bonds. The first-order valence-corrected chi connectivity index (χ1v) is 7.48. The van der Waals surface area contributed by atoms with Gasteiger partial charge in [0.15, 0.2) is 0 Å². The van der Waals surface area contributed by atoms with Crippen LogP contribution in [0.25, 0.3) is 10.9 Å². The Kier molecular flexibility index (Phi) is 4.16. The molecule has 0 atom stereocenters. The monoisotopic (exact) mass is 348 g/mol. The molecule has 1 heterocycles. The summed E-state index contributed by atoms with van der Waals surface area (Å²) in [6.45, 7) is 3.93. The molecule has 0 unspecified atom stereocenters. The first kappa shape index (κ1) is 16.9. The van der Waals surface area contributed by atoms with Gasteiger partial charge in [-0.3, -0.25) is 4.79 Å². The van der Waals surface area contributed by atoms with E-state index in [1.807, 2.05) is 26.0 Å². The Morgan fingerprint density at radius 3 is 2.40 bits per heavy atom. The maximum Gasteiger partial charge on any atom is 0.573 e. The van der Waals surface area contributed by atoms with Gasteiger partial charge in [0, 0.05) is 16.6 Å². The van der Waals surface area contributed by atoms with Crippen molar-refractivity contribution in [3.05, 3.63) is 59.3 Å². The summed E-state index contributed by atoms with van der Waals surface area (Å²) in [5.41, 5.74) is 3.74. The molecule has 4 nitrogen and oxygen atoms in total. The van der Waals surface area contributed by atoms with Crippen molar-refractivity contribution in [2.75, 3.05) is 5.32 Å². The van der Waals surface area contributed by atoms with Crippen LogP contribution in [-0.2, 0) is 0 Å². The summed E-state index contributed by atoms with van der Waals surface area (Å²) < 4.78 is 40.2. The number of aromatic nitrogens is 1. The predicted molar refractivity (Wildman–Crippen MR) is 88.9 cm³/mol.